The van der Waals surface area contributed by atoms with Crippen LogP contribution in [0, 0.1) is 6.92 Å². The Bertz CT molecular complexity index is 1110. The van der Waals surface area contributed by atoms with E-state index >= 15 is 0 Å². The van der Waals surface area contributed by atoms with Crippen LogP contribution in [-0.4, -0.2) is 15.9 Å². The van der Waals surface area contributed by atoms with Crippen molar-refractivity contribution >= 4 is 44.2 Å². The summed E-state index contributed by atoms with van der Waals surface area (Å²) in [6, 6.07) is 17.0. The summed E-state index contributed by atoms with van der Waals surface area (Å²) in [6.07, 6.45) is 3.48. The zero-order valence-corrected chi connectivity index (χ0v) is 16.2. The van der Waals surface area contributed by atoms with Gasteiger partial charge in [0.2, 0.25) is 0 Å². The highest BCUT2D eigenvalue weighted by molar-refractivity contribution is 7.22. The van der Waals surface area contributed by atoms with Crippen molar-refractivity contribution in [3.05, 3.63) is 88.7 Å². The standard InChI is InChI=1S/C21H16ClN3OS/c1-14-6-2-3-8-16(14)20(26)25(13-15-7-5-11-23-12-15)21-24-19-17(22)9-4-10-18(19)27-21/h2-12H,13H2,1H3. The summed E-state index contributed by atoms with van der Waals surface area (Å²) >= 11 is 7.74. The minimum absolute atomic E-state index is 0.0906. The summed E-state index contributed by atoms with van der Waals surface area (Å²) in [5.74, 6) is -0.0906. The van der Waals surface area contributed by atoms with Crippen LogP contribution >= 0.6 is 22.9 Å². The fourth-order valence-corrected chi connectivity index (χ4v) is 4.14. The number of carbonyl (C=O) groups is 1. The minimum atomic E-state index is -0.0906. The van der Waals surface area contributed by atoms with Gasteiger partial charge in [0.15, 0.2) is 5.13 Å². The molecule has 0 unspecified atom stereocenters. The molecule has 0 saturated heterocycles. The van der Waals surface area contributed by atoms with Gasteiger partial charge in [-0.1, -0.05) is 53.3 Å². The molecule has 1 amide bonds. The SMILES string of the molecule is Cc1ccccc1C(=O)N(Cc1cccnc1)c1nc2c(Cl)cccc2s1. The molecule has 0 radical (unpaired) electrons. The number of carbonyl (C=O) groups excluding carboxylic acids is 1. The third-order valence-corrected chi connectivity index (χ3v) is 5.62. The lowest BCUT2D eigenvalue weighted by atomic mass is 10.1. The van der Waals surface area contributed by atoms with Gasteiger partial charge in [0.05, 0.1) is 16.3 Å². The van der Waals surface area contributed by atoms with E-state index < -0.39 is 0 Å². The number of thiazole rings is 1. The number of fused-ring (bicyclic) bond motifs is 1. The molecule has 0 aliphatic rings. The van der Waals surface area contributed by atoms with Crippen molar-refractivity contribution in [1.82, 2.24) is 9.97 Å². The van der Waals surface area contributed by atoms with Crippen LogP contribution in [0.4, 0.5) is 5.13 Å². The largest absolute Gasteiger partial charge is 0.279 e. The molecule has 0 spiro atoms. The van der Waals surface area contributed by atoms with Crippen LogP contribution in [0.15, 0.2) is 67.0 Å². The molecule has 6 heteroatoms. The van der Waals surface area contributed by atoms with E-state index in [9.17, 15) is 4.79 Å². The van der Waals surface area contributed by atoms with Crippen LogP contribution in [0.5, 0.6) is 0 Å². The van der Waals surface area contributed by atoms with Gasteiger partial charge in [0.25, 0.3) is 5.91 Å². The van der Waals surface area contributed by atoms with Gasteiger partial charge in [-0.15, -0.1) is 0 Å². The molecule has 0 saturated carbocycles. The first-order chi connectivity index (χ1) is 13.1. The Balaban J connectivity index is 1.81. The summed E-state index contributed by atoms with van der Waals surface area (Å²) in [7, 11) is 0. The van der Waals surface area contributed by atoms with E-state index in [0.717, 1.165) is 15.8 Å². The molecule has 2 aromatic heterocycles. The van der Waals surface area contributed by atoms with Gasteiger partial charge in [-0.3, -0.25) is 14.7 Å². The first-order valence-electron chi connectivity index (χ1n) is 8.45. The lowest BCUT2D eigenvalue weighted by Gasteiger charge is -2.21. The molecule has 134 valence electrons. The number of aromatic nitrogens is 2. The van der Waals surface area contributed by atoms with Crippen LogP contribution in [0.3, 0.4) is 0 Å². The van der Waals surface area contributed by atoms with Crippen LogP contribution in [0.2, 0.25) is 5.02 Å². The molecule has 0 fully saturated rings. The summed E-state index contributed by atoms with van der Waals surface area (Å²) in [4.78, 5) is 23.9. The third kappa shape index (κ3) is 3.56. The summed E-state index contributed by atoms with van der Waals surface area (Å²) < 4.78 is 0.950. The summed E-state index contributed by atoms with van der Waals surface area (Å²) in [5.41, 5.74) is 3.24. The Kier molecular flexibility index (Phi) is 4.88. The molecule has 27 heavy (non-hydrogen) atoms. The topological polar surface area (TPSA) is 46.1 Å². The number of pyridine rings is 1. The van der Waals surface area contributed by atoms with Crippen LogP contribution in [0.25, 0.3) is 10.2 Å². The molecular formula is C21H16ClN3OS. The van der Waals surface area contributed by atoms with Crippen molar-refractivity contribution < 1.29 is 4.79 Å². The number of benzene rings is 2. The van der Waals surface area contributed by atoms with E-state index in [4.69, 9.17) is 11.6 Å². The number of nitrogens with zero attached hydrogens (tertiary/aromatic N) is 3. The van der Waals surface area contributed by atoms with Crippen LogP contribution in [0.1, 0.15) is 21.5 Å². The molecule has 0 atom stereocenters. The van der Waals surface area contributed by atoms with Gasteiger partial charge in [0.1, 0.15) is 5.52 Å². The van der Waals surface area contributed by atoms with Crippen molar-refractivity contribution in [3.63, 3.8) is 0 Å². The fraction of sp³-hybridized carbons (Fsp3) is 0.0952. The number of hydrogen-bond acceptors (Lipinski definition) is 4. The number of rotatable bonds is 4. The maximum Gasteiger partial charge on any atom is 0.260 e. The molecule has 4 nitrogen and oxygen atoms in total. The number of halogens is 1. The summed E-state index contributed by atoms with van der Waals surface area (Å²) in [6.45, 7) is 2.32. The minimum Gasteiger partial charge on any atom is -0.279 e. The molecule has 0 aliphatic heterocycles. The van der Waals surface area contributed by atoms with Crippen molar-refractivity contribution in [1.29, 1.82) is 0 Å². The molecule has 4 aromatic rings. The van der Waals surface area contributed by atoms with E-state index in [-0.39, 0.29) is 5.91 Å². The number of hydrogen-bond donors (Lipinski definition) is 0. The molecule has 0 N–H and O–H groups in total. The molecule has 0 aliphatic carbocycles. The van der Waals surface area contributed by atoms with Crippen molar-refractivity contribution in [2.24, 2.45) is 0 Å². The lowest BCUT2D eigenvalue weighted by Crippen LogP contribution is -2.30. The smallest absolute Gasteiger partial charge is 0.260 e. The Labute approximate surface area is 166 Å². The van der Waals surface area contributed by atoms with E-state index in [2.05, 4.69) is 9.97 Å². The average Bonchev–Trinajstić information content (AvgIpc) is 3.12. The van der Waals surface area contributed by atoms with E-state index in [0.29, 0.717) is 27.8 Å². The third-order valence-electron chi connectivity index (χ3n) is 4.27. The first kappa shape index (κ1) is 17.6. The Hall–Kier alpha value is -2.76. The fourth-order valence-electron chi connectivity index (χ4n) is 2.88. The zero-order chi connectivity index (χ0) is 18.8. The van der Waals surface area contributed by atoms with Gasteiger partial charge < -0.3 is 0 Å². The predicted octanol–water partition coefficient (Wildman–Crippen LogP) is 5.50. The summed E-state index contributed by atoms with van der Waals surface area (Å²) in [5, 5.41) is 1.20. The van der Waals surface area contributed by atoms with Gasteiger partial charge in [0, 0.05) is 18.0 Å². The number of amides is 1. The van der Waals surface area contributed by atoms with Gasteiger partial charge >= 0.3 is 0 Å². The van der Waals surface area contributed by atoms with Crippen molar-refractivity contribution in [2.75, 3.05) is 4.90 Å². The van der Waals surface area contributed by atoms with E-state index in [1.54, 1.807) is 17.3 Å². The first-order valence-corrected chi connectivity index (χ1v) is 9.64. The molecule has 4 rings (SSSR count). The van der Waals surface area contributed by atoms with E-state index in [1.165, 1.54) is 11.3 Å². The van der Waals surface area contributed by atoms with E-state index in [1.807, 2.05) is 61.5 Å². The molecule has 0 bridgehead atoms. The predicted molar refractivity (Wildman–Crippen MR) is 111 cm³/mol. The van der Waals surface area contributed by atoms with Crippen molar-refractivity contribution in [2.45, 2.75) is 13.5 Å². The van der Waals surface area contributed by atoms with Gasteiger partial charge in [-0.05, 0) is 42.3 Å². The molecule has 2 aromatic carbocycles. The quantitative estimate of drug-likeness (QED) is 0.460. The van der Waals surface area contributed by atoms with Crippen LogP contribution < -0.4 is 4.90 Å². The van der Waals surface area contributed by atoms with Crippen LogP contribution in [-0.2, 0) is 6.54 Å². The highest BCUT2D eigenvalue weighted by Crippen LogP contribution is 2.34. The van der Waals surface area contributed by atoms with Crippen molar-refractivity contribution in [3.8, 4) is 0 Å². The number of aryl methyl sites for hydroxylation is 1. The second-order valence-corrected chi connectivity index (χ2v) is 7.57. The maximum atomic E-state index is 13.4. The normalized spacial score (nSPS) is 10.9. The number of para-hydroxylation sites is 1. The Morgan fingerprint density at radius 3 is 2.70 bits per heavy atom. The Morgan fingerprint density at radius 1 is 1.11 bits per heavy atom. The molecular weight excluding hydrogens is 378 g/mol. The second kappa shape index (κ2) is 7.47. The second-order valence-electron chi connectivity index (χ2n) is 6.15. The van der Waals surface area contributed by atoms with Gasteiger partial charge in [-0.25, -0.2) is 4.98 Å². The molecule has 2 heterocycles. The number of anilines is 1. The average molecular weight is 394 g/mol. The monoisotopic (exact) mass is 393 g/mol. The lowest BCUT2D eigenvalue weighted by molar-refractivity contribution is 0.0984. The Morgan fingerprint density at radius 2 is 1.96 bits per heavy atom. The van der Waals surface area contributed by atoms with Gasteiger partial charge in [-0.2, -0.15) is 0 Å². The zero-order valence-electron chi connectivity index (χ0n) is 14.6. The highest BCUT2D eigenvalue weighted by Gasteiger charge is 2.23. The highest BCUT2D eigenvalue weighted by atomic mass is 35.5. The maximum absolute atomic E-state index is 13.4.